The molecule has 1 aromatic heterocycles. The smallest absolute Gasteiger partial charge is 0.329 e. The number of hydrogen-bond acceptors (Lipinski definition) is 4. The van der Waals surface area contributed by atoms with E-state index in [4.69, 9.17) is 4.74 Å². The normalized spacial score (nSPS) is 15.7. The van der Waals surface area contributed by atoms with Gasteiger partial charge in [0.1, 0.15) is 17.0 Å². The van der Waals surface area contributed by atoms with Crippen LogP contribution in [0.1, 0.15) is 36.0 Å². The number of carboxylic acid groups (broad SMARTS) is 1. The molecule has 24 heavy (non-hydrogen) atoms. The van der Waals surface area contributed by atoms with Crippen LogP contribution >= 0.6 is 0 Å². The quantitative estimate of drug-likeness (QED) is 0.882. The van der Waals surface area contributed by atoms with Gasteiger partial charge in [-0.1, -0.05) is 12.8 Å². The fourth-order valence-corrected chi connectivity index (χ4v) is 2.88. The van der Waals surface area contributed by atoms with Gasteiger partial charge in [-0.15, -0.1) is 0 Å². The summed E-state index contributed by atoms with van der Waals surface area (Å²) in [5.74, 6) is -0.170. The number of amides is 1. The fourth-order valence-electron chi connectivity index (χ4n) is 2.88. The van der Waals surface area contributed by atoms with Crippen molar-refractivity contribution in [2.24, 2.45) is 0 Å². The molecule has 1 saturated carbocycles. The summed E-state index contributed by atoms with van der Waals surface area (Å²) in [5.41, 5.74) is -0.733. The molecule has 2 N–H and O–H groups in total. The molecule has 6 heteroatoms. The third-order valence-corrected chi connectivity index (χ3v) is 4.21. The third-order valence-electron chi connectivity index (χ3n) is 4.21. The van der Waals surface area contributed by atoms with E-state index >= 15 is 0 Å². The maximum absolute atomic E-state index is 12.4. The van der Waals surface area contributed by atoms with Gasteiger partial charge in [0.25, 0.3) is 5.91 Å². The number of nitrogens with zero attached hydrogens (tertiary/aromatic N) is 1. The van der Waals surface area contributed by atoms with Crippen LogP contribution in [-0.2, 0) is 4.79 Å². The highest BCUT2D eigenvalue weighted by atomic mass is 16.5. The summed E-state index contributed by atoms with van der Waals surface area (Å²) in [6.45, 7) is 0. The van der Waals surface area contributed by atoms with Gasteiger partial charge in [-0.25, -0.2) is 4.79 Å². The Labute approximate surface area is 139 Å². The van der Waals surface area contributed by atoms with E-state index < -0.39 is 11.5 Å². The molecule has 2 aromatic rings. The van der Waals surface area contributed by atoms with Crippen molar-refractivity contribution in [1.29, 1.82) is 0 Å². The summed E-state index contributed by atoms with van der Waals surface area (Å²) >= 11 is 0. The predicted molar refractivity (Wildman–Crippen MR) is 87.1 cm³/mol. The van der Waals surface area contributed by atoms with Gasteiger partial charge in [0.15, 0.2) is 0 Å². The minimum absolute atomic E-state index is 0.382. The molecule has 0 radical (unpaired) electrons. The molecule has 0 aliphatic heterocycles. The zero-order chi connectivity index (χ0) is 17.0. The van der Waals surface area contributed by atoms with Crippen molar-refractivity contribution in [2.75, 3.05) is 0 Å². The van der Waals surface area contributed by atoms with Crippen molar-refractivity contribution in [3.05, 3.63) is 54.4 Å². The van der Waals surface area contributed by atoms with E-state index in [0.29, 0.717) is 29.9 Å². The van der Waals surface area contributed by atoms with Crippen molar-refractivity contribution in [3.8, 4) is 11.5 Å². The molecule has 1 amide bonds. The molecule has 0 bridgehead atoms. The SMILES string of the molecule is O=C(NC1(C(=O)O)CCCC1)c1ccc(Oc2cccnc2)cc1. The van der Waals surface area contributed by atoms with E-state index in [-0.39, 0.29) is 5.91 Å². The van der Waals surface area contributed by atoms with Gasteiger partial charge in [-0.2, -0.15) is 0 Å². The molecule has 1 aliphatic carbocycles. The van der Waals surface area contributed by atoms with Gasteiger partial charge in [0.2, 0.25) is 0 Å². The number of benzene rings is 1. The summed E-state index contributed by atoms with van der Waals surface area (Å²) < 4.78 is 5.62. The lowest BCUT2D eigenvalue weighted by atomic mass is 9.97. The van der Waals surface area contributed by atoms with Crippen molar-refractivity contribution < 1.29 is 19.4 Å². The molecule has 1 fully saturated rings. The molecule has 1 aromatic carbocycles. The average molecular weight is 326 g/mol. The maximum atomic E-state index is 12.4. The second kappa shape index (κ2) is 6.70. The zero-order valence-electron chi connectivity index (χ0n) is 13.1. The topological polar surface area (TPSA) is 88.5 Å². The second-order valence-corrected chi connectivity index (χ2v) is 5.86. The monoisotopic (exact) mass is 326 g/mol. The van der Waals surface area contributed by atoms with Crippen molar-refractivity contribution in [2.45, 2.75) is 31.2 Å². The van der Waals surface area contributed by atoms with Crippen molar-refractivity contribution >= 4 is 11.9 Å². The van der Waals surface area contributed by atoms with Gasteiger partial charge in [-0.3, -0.25) is 9.78 Å². The molecular formula is C18H18N2O4. The Bertz CT molecular complexity index is 722. The highest BCUT2D eigenvalue weighted by Crippen LogP contribution is 2.30. The molecule has 124 valence electrons. The van der Waals surface area contributed by atoms with Gasteiger partial charge in [0, 0.05) is 11.8 Å². The second-order valence-electron chi connectivity index (χ2n) is 5.86. The first kappa shape index (κ1) is 16.0. The number of carboxylic acids is 1. The van der Waals surface area contributed by atoms with Crippen LogP contribution in [0.15, 0.2) is 48.8 Å². The number of carbonyl (C=O) groups excluding carboxylic acids is 1. The van der Waals surface area contributed by atoms with Crippen LogP contribution in [0.4, 0.5) is 0 Å². The van der Waals surface area contributed by atoms with E-state index in [0.717, 1.165) is 12.8 Å². The molecule has 6 nitrogen and oxygen atoms in total. The Kier molecular flexibility index (Phi) is 4.46. The van der Waals surface area contributed by atoms with Gasteiger partial charge < -0.3 is 15.2 Å². The van der Waals surface area contributed by atoms with E-state index in [1.807, 2.05) is 0 Å². The standard InChI is InChI=1S/C18H18N2O4/c21-16(20-18(17(22)23)9-1-2-10-18)13-5-7-14(8-6-13)24-15-4-3-11-19-12-15/h3-8,11-12H,1-2,9-10H2,(H,20,21)(H,22,23). The molecule has 3 rings (SSSR count). The van der Waals surface area contributed by atoms with Gasteiger partial charge >= 0.3 is 5.97 Å². The third kappa shape index (κ3) is 3.37. The highest BCUT2D eigenvalue weighted by Gasteiger charge is 2.42. The predicted octanol–water partition coefficient (Wildman–Crippen LogP) is 3.00. The molecular weight excluding hydrogens is 308 g/mol. The lowest BCUT2D eigenvalue weighted by Crippen LogP contribution is -2.52. The van der Waals surface area contributed by atoms with E-state index in [2.05, 4.69) is 10.3 Å². The van der Waals surface area contributed by atoms with E-state index in [1.54, 1.807) is 48.8 Å². The zero-order valence-corrected chi connectivity index (χ0v) is 13.1. The van der Waals surface area contributed by atoms with Crippen LogP contribution in [0, 0.1) is 0 Å². The number of nitrogens with one attached hydrogen (secondary N) is 1. The van der Waals surface area contributed by atoms with Crippen LogP contribution in [0.3, 0.4) is 0 Å². The van der Waals surface area contributed by atoms with Crippen LogP contribution < -0.4 is 10.1 Å². The fraction of sp³-hybridized carbons (Fsp3) is 0.278. The maximum Gasteiger partial charge on any atom is 0.329 e. The Balaban J connectivity index is 1.69. The minimum atomic E-state index is -1.14. The Hall–Kier alpha value is -2.89. The molecule has 0 atom stereocenters. The summed E-state index contributed by atoms with van der Waals surface area (Å²) in [6, 6.07) is 10.1. The van der Waals surface area contributed by atoms with Gasteiger partial charge in [-0.05, 0) is 49.2 Å². The van der Waals surface area contributed by atoms with Crippen LogP contribution in [0.25, 0.3) is 0 Å². The highest BCUT2D eigenvalue weighted by molar-refractivity contribution is 5.98. The molecule has 1 aliphatic rings. The lowest BCUT2D eigenvalue weighted by molar-refractivity contribution is -0.144. The number of carbonyl (C=O) groups is 2. The van der Waals surface area contributed by atoms with Crippen molar-refractivity contribution in [3.63, 3.8) is 0 Å². The number of hydrogen-bond donors (Lipinski definition) is 2. The van der Waals surface area contributed by atoms with Crippen LogP contribution in [0.5, 0.6) is 11.5 Å². The van der Waals surface area contributed by atoms with Crippen LogP contribution in [0.2, 0.25) is 0 Å². The van der Waals surface area contributed by atoms with Crippen molar-refractivity contribution in [1.82, 2.24) is 10.3 Å². The summed E-state index contributed by atoms with van der Waals surface area (Å²) in [4.78, 5) is 27.8. The Morgan fingerprint density at radius 2 is 1.79 bits per heavy atom. The lowest BCUT2D eigenvalue weighted by Gasteiger charge is -2.25. The summed E-state index contributed by atoms with van der Waals surface area (Å²) in [6.07, 6.45) is 5.81. The van der Waals surface area contributed by atoms with Crippen LogP contribution in [-0.4, -0.2) is 27.5 Å². The first-order chi connectivity index (χ1) is 11.6. The average Bonchev–Trinajstić information content (AvgIpc) is 3.06. The number of ether oxygens (including phenoxy) is 1. The summed E-state index contributed by atoms with van der Waals surface area (Å²) in [7, 11) is 0. The number of rotatable bonds is 5. The largest absolute Gasteiger partial charge is 0.480 e. The van der Waals surface area contributed by atoms with Gasteiger partial charge in [0.05, 0.1) is 6.20 Å². The number of aliphatic carboxylic acids is 1. The van der Waals surface area contributed by atoms with E-state index in [9.17, 15) is 14.7 Å². The summed E-state index contributed by atoms with van der Waals surface area (Å²) in [5, 5.41) is 12.1. The minimum Gasteiger partial charge on any atom is -0.480 e. The first-order valence-corrected chi connectivity index (χ1v) is 7.83. The molecule has 1 heterocycles. The molecule has 0 saturated heterocycles. The number of aromatic nitrogens is 1. The molecule has 0 unspecified atom stereocenters. The number of pyridine rings is 1. The first-order valence-electron chi connectivity index (χ1n) is 7.83. The Morgan fingerprint density at radius 3 is 2.38 bits per heavy atom. The van der Waals surface area contributed by atoms with E-state index in [1.165, 1.54) is 0 Å². The Morgan fingerprint density at radius 1 is 1.08 bits per heavy atom. The molecule has 0 spiro atoms.